The standard InChI is InChI=1S/C24H28ClF4N3O4S/c1-4-5-12-30-23(34)16(2)31(14-17-6-8-18(26)9-7-17)22(33)15-32(37(3,35)36)19-10-11-21(25)20(13-19)24(27,28)29/h6-11,13,16H,4-5,12,14-15H2,1-3H3,(H,30,34). The molecule has 7 nitrogen and oxygen atoms in total. The van der Waals surface area contributed by atoms with Crippen molar-refractivity contribution >= 4 is 39.1 Å². The van der Waals surface area contributed by atoms with Crippen LogP contribution in [0.15, 0.2) is 42.5 Å². The normalized spacial score (nSPS) is 12.6. The lowest BCUT2D eigenvalue weighted by Crippen LogP contribution is -2.51. The third-order valence-corrected chi connectivity index (χ3v) is 6.96. The van der Waals surface area contributed by atoms with Crippen LogP contribution in [0.1, 0.15) is 37.8 Å². The first-order chi connectivity index (χ1) is 17.1. The number of carbonyl (C=O) groups excluding carboxylic acids is 2. The molecule has 0 radical (unpaired) electrons. The molecule has 1 N–H and O–H groups in total. The summed E-state index contributed by atoms with van der Waals surface area (Å²) >= 11 is 5.65. The van der Waals surface area contributed by atoms with Crippen LogP contribution in [-0.2, 0) is 32.3 Å². The summed E-state index contributed by atoms with van der Waals surface area (Å²) in [6.45, 7) is 2.68. The van der Waals surface area contributed by atoms with Gasteiger partial charge in [0, 0.05) is 13.1 Å². The van der Waals surface area contributed by atoms with Gasteiger partial charge in [-0.25, -0.2) is 12.8 Å². The summed E-state index contributed by atoms with van der Waals surface area (Å²) in [6.07, 6.45) is -2.60. The Morgan fingerprint density at radius 1 is 1.11 bits per heavy atom. The maximum Gasteiger partial charge on any atom is 0.417 e. The van der Waals surface area contributed by atoms with E-state index in [2.05, 4.69) is 5.32 Å². The van der Waals surface area contributed by atoms with Crippen molar-refractivity contribution in [2.75, 3.05) is 23.7 Å². The van der Waals surface area contributed by atoms with Crippen LogP contribution < -0.4 is 9.62 Å². The van der Waals surface area contributed by atoms with Crippen molar-refractivity contribution in [3.63, 3.8) is 0 Å². The van der Waals surface area contributed by atoms with Crippen LogP contribution in [0.4, 0.5) is 23.2 Å². The van der Waals surface area contributed by atoms with Crippen LogP contribution in [0.2, 0.25) is 5.02 Å². The smallest absolute Gasteiger partial charge is 0.354 e. The van der Waals surface area contributed by atoms with E-state index in [-0.39, 0.29) is 6.54 Å². The quantitative estimate of drug-likeness (QED) is 0.319. The van der Waals surface area contributed by atoms with Crippen LogP contribution in [0.5, 0.6) is 0 Å². The molecule has 0 aliphatic rings. The Morgan fingerprint density at radius 3 is 2.27 bits per heavy atom. The van der Waals surface area contributed by atoms with E-state index < -0.39 is 62.7 Å². The molecule has 37 heavy (non-hydrogen) atoms. The fourth-order valence-corrected chi connectivity index (χ4v) is 4.47. The van der Waals surface area contributed by atoms with Gasteiger partial charge in [-0.05, 0) is 49.2 Å². The van der Waals surface area contributed by atoms with Crippen LogP contribution in [-0.4, -0.2) is 50.5 Å². The van der Waals surface area contributed by atoms with Gasteiger partial charge in [-0.2, -0.15) is 13.2 Å². The minimum absolute atomic E-state index is 0.173. The van der Waals surface area contributed by atoms with Gasteiger partial charge in [0.15, 0.2) is 0 Å². The molecule has 0 saturated carbocycles. The van der Waals surface area contributed by atoms with Gasteiger partial charge in [-0.15, -0.1) is 0 Å². The van der Waals surface area contributed by atoms with Crippen molar-refractivity contribution in [1.82, 2.24) is 10.2 Å². The Balaban J connectivity index is 2.43. The Labute approximate surface area is 218 Å². The molecule has 0 aliphatic carbocycles. The monoisotopic (exact) mass is 565 g/mol. The lowest BCUT2D eigenvalue weighted by Gasteiger charge is -2.31. The number of carbonyl (C=O) groups is 2. The number of anilines is 1. The molecule has 1 unspecified atom stereocenters. The number of rotatable bonds is 11. The second-order valence-electron chi connectivity index (χ2n) is 8.40. The predicted octanol–water partition coefficient (Wildman–Crippen LogP) is 4.60. The predicted molar refractivity (Wildman–Crippen MR) is 133 cm³/mol. The minimum Gasteiger partial charge on any atom is -0.354 e. The average molecular weight is 566 g/mol. The third kappa shape index (κ3) is 8.60. The summed E-state index contributed by atoms with van der Waals surface area (Å²) in [5.74, 6) is -1.87. The molecule has 1 atom stereocenters. The molecule has 2 rings (SSSR count). The Hall–Kier alpha value is -2.86. The number of benzene rings is 2. The topological polar surface area (TPSA) is 86.8 Å². The van der Waals surface area contributed by atoms with Gasteiger partial charge in [0.1, 0.15) is 18.4 Å². The number of unbranched alkanes of at least 4 members (excludes halogenated alkanes) is 1. The maximum absolute atomic E-state index is 13.4. The van der Waals surface area contributed by atoms with Crippen molar-refractivity contribution in [2.45, 2.75) is 45.5 Å². The van der Waals surface area contributed by atoms with Crippen molar-refractivity contribution in [1.29, 1.82) is 0 Å². The van der Waals surface area contributed by atoms with E-state index in [0.29, 0.717) is 28.9 Å². The number of hydrogen-bond donors (Lipinski definition) is 1. The van der Waals surface area contributed by atoms with E-state index in [1.165, 1.54) is 31.2 Å². The molecule has 2 amide bonds. The van der Waals surface area contributed by atoms with E-state index in [0.717, 1.165) is 29.7 Å². The lowest BCUT2D eigenvalue weighted by atomic mass is 10.1. The number of nitrogens with zero attached hydrogens (tertiary/aromatic N) is 2. The second-order valence-corrected chi connectivity index (χ2v) is 10.7. The summed E-state index contributed by atoms with van der Waals surface area (Å²) in [4.78, 5) is 27.2. The molecule has 0 heterocycles. The molecule has 0 fully saturated rings. The zero-order chi connectivity index (χ0) is 28.0. The fourth-order valence-electron chi connectivity index (χ4n) is 3.40. The van der Waals surface area contributed by atoms with Crippen molar-refractivity contribution in [3.8, 4) is 0 Å². The van der Waals surface area contributed by atoms with E-state index in [1.807, 2.05) is 6.92 Å². The van der Waals surface area contributed by atoms with E-state index >= 15 is 0 Å². The number of amides is 2. The summed E-state index contributed by atoms with van der Waals surface area (Å²) in [5.41, 5.74) is -1.23. The zero-order valence-electron chi connectivity index (χ0n) is 20.5. The first kappa shape index (κ1) is 30.4. The highest BCUT2D eigenvalue weighted by atomic mass is 35.5. The van der Waals surface area contributed by atoms with Gasteiger partial charge in [0.2, 0.25) is 21.8 Å². The van der Waals surface area contributed by atoms with Crippen molar-refractivity contribution in [3.05, 3.63) is 64.4 Å². The molecule has 0 aromatic heterocycles. The summed E-state index contributed by atoms with van der Waals surface area (Å²) in [6, 6.07) is 6.56. The Bertz CT molecular complexity index is 1210. The first-order valence-electron chi connectivity index (χ1n) is 11.3. The minimum atomic E-state index is -4.86. The van der Waals surface area contributed by atoms with Crippen molar-refractivity contribution in [2.24, 2.45) is 0 Å². The molecule has 2 aromatic carbocycles. The number of alkyl halides is 3. The van der Waals surface area contributed by atoms with Crippen LogP contribution in [0, 0.1) is 5.82 Å². The number of halogens is 5. The van der Waals surface area contributed by atoms with Gasteiger partial charge in [0.25, 0.3) is 0 Å². The highest BCUT2D eigenvalue weighted by molar-refractivity contribution is 7.92. The molecule has 204 valence electrons. The lowest BCUT2D eigenvalue weighted by molar-refractivity contribution is -0.139. The summed E-state index contributed by atoms with van der Waals surface area (Å²) in [5, 5.41) is 2.06. The molecule has 13 heteroatoms. The number of sulfonamides is 1. The Kier molecular flexibility index (Phi) is 10.3. The van der Waals surface area contributed by atoms with Gasteiger partial charge in [0.05, 0.1) is 22.5 Å². The van der Waals surface area contributed by atoms with Gasteiger partial charge >= 0.3 is 6.18 Å². The highest BCUT2D eigenvalue weighted by Crippen LogP contribution is 2.37. The molecule has 0 saturated heterocycles. The maximum atomic E-state index is 13.4. The van der Waals surface area contributed by atoms with Gasteiger partial charge < -0.3 is 10.2 Å². The second kappa shape index (κ2) is 12.6. The van der Waals surface area contributed by atoms with Gasteiger partial charge in [-0.1, -0.05) is 37.1 Å². The fraction of sp³-hybridized carbons (Fsp3) is 0.417. The van der Waals surface area contributed by atoms with Crippen LogP contribution in [0.3, 0.4) is 0 Å². The first-order valence-corrected chi connectivity index (χ1v) is 13.5. The molecule has 0 bridgehead atoms. The largest absolute Gasteiger partial charge is 0.417 e. The number of nitrogens with one attached hydrogen (secondary N) is 1. The van der Waals surface area contributed by atoms with E-state index in [1.54, 1.807) is 0 Å². The van der Waals surface area contributed by atoms with Crippen molar-refractivity contribution < 1.29 is 35.6 Å². The molecular weight excluding hydrogens is 538 g/mol. The third-order valence-electron chi connectivity index (χ3n) is 5.49. The summed E-state index contributed by atoms with van der Waals surface area (Å²) < 4.78 is 79.1. The van der Waals surface area contributed by atoms with Crippen LogP contribution in [0.25, 0.3) is 0 Å². The average Bonchev–Trinajstić information content (AvgIpc) is 2.80. The highest BCUT2D eigenvalue weighted by Gasteiger charge is 2.35. The molecule has 2 aromatic rings. The SMILES string of the molecule is CCCCNC(=O)C(C)N(Cc1ccc(F)cc1)C(=O)CN(c1ccc(Cl)c(C(F)(F)F)c1)S(C)(=O)=O. The van der Waals surface area contributed by atoms with Gasteiger partial charge in [-0.3, -0.25) is 13.9 Å². The summed E-state index contributed by atoms with van der Waals surface area (Å²) in [7, 11) is -4.24. The molecule has 0 aliphatic heterocycles. The zero-order valence-corrected chi connectivity index (χ0v) is 22.1. The Morgan fingerprint density at radius 2 is 1.73 bits per heavy atom. The molecule has 0 spiro atoms. The molecular formula is C24H28ClF4N3O4S. The number of hydrogen-bond acceptors (Lipinski definition) is 4. The van der Waals surface area contributed by atoms with Crippen LogP contribution >= 0.6 is 11.6 Å². The van der Waals surface area contributed by atoms with E-state index in [4.69, 9.17) is 11.6 Å². The van der Waals surface area contributed by atoms with E-state index in [9.17, 15) is 35.6 Å².